The SMILES string of the molecule is CCNCc1cccc(NC(=O)C(C)(C)n2cc([N+](=O)[O-])cn2)c1. The van der Waals surface area contributed by atoms with Crippen LogP contribution in [0.15, 0.2) is 36.7 Å². The van der Waals surface area contributed by atoms with Gasteiger partial charge in [0.2, 0.25) is 0 Å². The Balaban J connectivity index is 2.13. The van der Waals surface area contributed by atoms with E-state index in [0.717, 1.165) is 24.8 Å². The van der Waals surface area contributed by atoms with Crippen molar-refractivity contribution in [1.82, 2.24) is 15.1 Å². The maximum atomic E-state index is 12.6. The van der Waals surface area contributed by atoms with Crippen LogP contribution < -0.4 is 10.6 Å². The summed E-state index contributed by atoms with van der Waals surface area (Å²) in [5, 5.41) is 20.8. The van der Waals surface area contributed by atoms with E-state index in [1.807, 2.05) is 25.1 Å². The van der Waals surface area contributed by atoms with Crippen LogP contribution in [0.2, 0.25) is 0 Å². The normalized spacial score (nSPS) is 11.3. The van der Waals surface area contributed by atoms with Crippen molar-refractivity contribution >= 4 is 17.3 Å². The smallest absolute Gasteiger partial charge is 0.307 e. The van der Waals surface area contributed by atoms with Crippen molar-refractivity contribution in [3.05, 3.63) is 52.3 Å². The van der Waals surface area contributed by atoms with E-state index in [1.54, 1.807) is 19.9 Å². The summed E-state index contributed by atoms with van der Waals surface area (Å²) in [5.41, 5.74) is 0.516. The first-order valence-electron chi connectivity index (χ1n) is 7.65. The van der Waals surface area contributed by atoms with E-state index in [2.05, 4.69) is 15.7 Å². The van der Waals surface area contributed by atoms with E-state index in [-0.39, 0.29) is 11.6 Å². The second-order valence-corrected chi connectivity index (χ2v) is 5.89. The fourth-order valence-electron chi connectivity index (χ4n) is 2.13. The van der Waals surface area contributed by atoms with Crippen molar-refractivity contribution in [2.75, 3.05) is 11.9 Å². The quantitative estimate of drug-likeness (QED) is 0.598. The molecule has 1 aromatic carbocycles. The number of benzene rings is 1. The molecular weight excluding hydrogens is 310 g/mol. The molecule has 1 amide bonds. The summed E-state index contributed by atoms with van der Waals surface area (Å²) < 4.78 is 1.29. The average Bonchev–Trinajstić information content (AvgIpc) is 3.04. The van der Waals surface area contributed by atoms with Crippen LogP contribution in [0.3, 0.4) is 0 Å². The molecule has 8 nitrogen and oxygen atoms in total. The number of carbonyl (C=O) groups is 1. The van der Waals surface area contributed by atoms with Crippen LogP contribution in [0.1, 0.15) is 26.3 Å². The first-order valence-corrected chi connectivity index (χ1v) is 7.65. The molecule has 128 valence electrons. The Morgan fingerprint density at radius 3 is 2.79 bits per heavy atom. The van der Waals surface area contributed by atoms with Gasteiger partial charge < -0.3 is 10.6 Å². The summed E-state index contributed by atoms with van der Waals surface area (Å²) in [6, 6.07) is 7.53. The largest absolute Gasteiger partial charge is 0.324 e. The van der Waals surface area contributed by atoms with Crippen molar-refractivity contribution < 1.29 is 9.72 Å². The van der Waals surface area contributed by atoms with Gasteiger partial charge in [0.25, 0.3) is 5.91 Å². The van der Waals surface area contributed by atoms with Gasteiger partial charge in [-0.15, -0.1) is 0 Å². The zero-order chi connectivity index (χ0) is 17.7. The molecule has 0 radical (unpaired) electrons. The van der Waals surface area contributed by atoms with Crippen LogP contribution in [-0.2, 0) is 16.9 Å². The zero-order valence-electron chi connectivity index (χ0n) is 13.9. The van der Waals surface area contributed by atoms with Gasteiger partial charge in [0.05, 0.1) is 4.92 Å². The van der Waals surface area contributed by atoms with Gasteiger partial charge in [-0.05, 0) is 38.1 Å². The predicted octanol–water partition coefficient (Wildman–Crippen LogP) is 2.27. The minimum Gasteiger partial charge on any atom is -0.324 e. The third kappa shape index (κ3) is 3.96. The molecule has 1 heterocycles. The Labute approximate surface area is 140 Å². The number of aromatic nitrogens is 2. The lowest BCUT2D eigenvalue weighted by molar-refractivity contribution is -0.385. The number of nitro groups is 1. The lowest BCUT2D eigenvalue weighted by atomic mass is 10.0. The molecule has 0 fully saturated rings. The number of anilines is 1. The Morgan fingerprint density at radius 2 is 2.17 bits per heavy atom. The number of nitrogens with zero attached hydrogens (tertiary/aromatic N) is 3. The summed E-state index contributed by atoms with van der Waals surface area (Å²) in [4.78, 5) is 22.8. The lowest BCUT2D eigenvalue weighted by Gasteiger charge is -2.24. The van der Waals surface area contributed by atoms with Gasteiger partial charge in [0, 0.05) is 12.2 Å². The molecule has 2 N–H and O–H groups in total. The number of nitrogens with one attached hydrogen (secondary N) is 2. The third-order valence-electron chi connectivity index (χ3n) is 3.67. The Kier molecular flexibility index (Phi) is 5.30. The van der Waals surface area contributed by atoms with E-state index in [9.17, 15) is 14.9 Å². The maximum absolute atomic E-state index is 12.6. The molecule has 0 saturated carbocycles. The van der Waals surface area contributed by atoms with Gasteiger partial charge >= 0.3 is 5.69 Å². The van der Waals surface area contributed by atoms with Crippen molar-refractivity contribution in [3.8, 4) is 0 Å². The van der Waals surface area contributed by atoms with Gasteiger partial charge in [-0.3, -0.25) is 19.6 Å². The highest BCUT2D eigenvalue weighted by atomic mass is 16.6. The van der Waals surface area contributed by atoms with E-state index < -0.39 is 10.5 Å². The molecule has 1 aromatic heterocycles. The molecule has 0 unspecified atom stereocenters. The number of carbonyl (C=O) groups excluding carboxylic acids is 1. The monoisotopic (exact) mass is 331 g/mol. The van der Waals surface area contributed by atoms with Gasteiger partial charge in [0.1, 0.15) is 17.9 Å². The van der Waals surface area contributed by atoms with Crippen LogP contribution >= 0.6 is 0 Å². The van der Waals surface area contributed by atoms with Gasteiger partial charge in [-0.1, -0.05) is 19.1 Å². The van der Waals surface area contributed by atoms with E-state index in [0.29, 0.717) is 5.69 Å². The first kappa shape index (κ1) is 17.6. The first-order chi connectivity index (χ1) is 11.3. The van der Waals surface area contributed by atoms with Crippen molar-refractivity contribution in [2.24, 2.45) is 0 Å². The molecule has 0 spiro atoms. The zero-order valence-corrected chi connectivity index (χ0v) is 13.9. The second kappa shape index (κ2) is 7.22. The summed E-state index contributed by atoms with van der Waals surface area (Å²) in [6.45, 7) is 6.91. The van der Waals surface area contributed by atoms with Crippen molar-refractivity contribution in [3.63, 3.8) is 0 Å². The lowest BCUT2D eigenvalue weighted by Crippen LogP contribution is -2.40. The molecule has 0 aliphatic heterocycles. The number of hydrogen-bond donors (Lipinski definition) is 2. The molecule has 24 heavy (non-hydrogen) atoms. The van der Waals surface area contributed by atoms with Crippen LogP contribution in [-0.4, -0.2) is 27.2 Å². The Morgan fingerprint density at radius 1 is 1.42 bits per heavy atom. The second-order valence-electron chi connectivity index (χ2n) is 5.89. The standard InChI is InChI=1S/C16H21N5O3/c1-4-17-9-12-6-5-7-13(8-12)19-15(22)16(2,3)20-11-14(10-18-20)21(23)24/h5-8,10-11,17H,4,9H2,1-3H3,(H,19,22). The van der Waals surface area contributed by atoms with Crippen molar-refractivity contribution in [2.45, 2.75) is 32.9 Å². The maximum Gasteiger partial charge on any atom is 0.307 e. The van der Waals surface area contributed by atoms with Crippen LogP contribution in [0.4, 0.5) is 11.4 Å². The van der Waals surface area contributed by atoms with Crippen LogP contribution in [0.25, 0.3) is 0 Å². The molecule has 0 aliphatic carbocycles. The number of rotatable bonds is 7. The fraction of sp³-hybridized carbons (Fsp3) is 0.375. The average molecular weight is 331 g/mol. The molecule has 0 aliphatic rings. The summed E-state index contributed by atoms with van der Waals surface area (Å²) in [5.74, 6) is -0.305. The molecule has 0 bridgehead atoms. The summed E-state index contributed by atoms with van der Waals surface area (Å²) in [6.07, 6.45) is 2.38. The van der Waals surface area contributed by atoms with Gasteiger partial charge in [-0.25, -0.2) is 0 Å². The minimum atomic E-state index is -1.06. The fourth-order valence-corrected chi connectivity index (χ4v) is 2.13. The molecule has 2 rings (SSSR count). The topological polar surface area (TPSA) is 102 Å². The molecule has 2 aromatic rings. The minimum absolute atomic E-state index is 0.150. The Hall–Kier alpha value is -2.74. The highest BCUT2D eigenvalue weighted by Gasteiger charge is 2.32. The molecule has 0 saturated heterocycles. The highest BCUT2D eigenvalue weighted by Crippen LogP contribution is 2.21. The Bertz CT molecular complexity index is 739. The van der Waals surface area contributed by atoms with E-state index >= 15 is 0 Å². The van der Waals surface area contributed by atoms with Gasteiger partial charge in [-0.2, -0.15) is 5.10 Å². The van der Waals surface area contributed by atoms with Crippen LogP contribution in [0.5, 0.6) is 0 Å². The molecular formula is C16H21N5O3. The highest BCUT2D eigenvalue weighted by molar-refractivity contribution is 5.96. The van der Waals surface area contributed by atoms with E-state index in [1.165, 1.54) is 10.9 Å². The number of hydrogen-bond acceptors (Lipinski definition) is 5. The van der Waals surface area contributed by atoms with Gasteiger partial charge in [0.15, 0.2) is 0 Å². The van der Waals surface area contributed by atoms with Crippen molar-refractivity contribution in [1.29, 1.82) is 0 Å². The third-order valence-corrected chi connectivity index (χ3v) is 3.67. The molecule has 8 heteroatoms. The predicted molar refractivity (Wildman–Crippen MR) is 90.7 cm³/mol. The van der Waals surface area contributed by atoms with E-state index in [4.69, 9.17) is 0 Å². The summed E-state index contributed by atoms with van der Waals surface area (Å²) in [7, 11) is 0. The molecule has 0 atom stereocenters. The summed E-state index contributed by atoms with van der Waals surface area (Å²) >= 11 is 0. The van der Waals surface area contributed by atoms with Crippen LogP contribution in [0, 0.1) is 10.1 Å². The number of amides is 1.